The molecule has 9 atom stereocenters. The zero-order valence-electron chi connectivity index (χ0n) is 21.4. The molecular formula is C29H49NO. The van der Waals surface area contributed by atoms with Crippen molar-refractivity contribution in [3.63, 3.8) is 0 Å². The van der Waals surface area contributed by atoms with E-state index in [0.717, 1.165) is 25.3 Å². The summed E-state index contributed by atoms with van der Waals surface area (Å²) in [4.78, 5) is 0. The number of nitrogens with one attached hydrogen (secondary N) is 1. The van der Waals surface area contributed by atoms with Gasteiger partial charge in [-0.1, -0.05) is 65.3 Å². The average molecular weight is 428 g/mol. The van der Waals surface area contributed by atoms with E-state index < -0.39 is 0 Å². The topological polar surface area (TPSA) is 32.3 Å². The minimum absolute atomic E-state index is 0.0736. The predicted octanol–water partition coefficient (Wildman–Crippen LogP) is 6.75. The van der Waals surface area contributed by atoms with Gasteiger partial charge in [0.15, 0.2) is 0 Å². The zero-order valence-corrected chi connectivity index (χ0v) is 21.4. The van der Waals surface area contributed by atoms with Crippen LogP contribution in [-0.4, -0.2) is 23.3 Å². The van der Waals surface area contributed by atoms with E-state index in [1.807, 2.05) is 0 Å². The highest BCUT2D eigenvalue weighted by Crippen LogP contribution is 2.65. The Kier molecular flexibility index (Phi) is 6.32. The molecule has 3 fully saturated rings. The molecule has 4 rings (SSSR count). The molecule has 2 nitrogen and oxygen atoms in total. The van der Waals surface area contributed by atoms with Crippen LogP contribution in [0.25, 0.3) is 0 Å². The van der Waals surface area contributed by atoms with Gasteiger partial charge in [0, 0.05) is 5.54 Å². The molecule has 0 spiro atoms. The zero-order chi connectivity index (χ0) is 22.6. The molecule has 1 heterocycles. The number of hydrogen-bond acceptors (Lipinski definition) is 2. The molecule has 0 aromatic carbocycles. The summed E-state index contributed by atoms with van der Waals surface area (Å²) in [5.74, 6) is 4.07. The van der Waals surface area contributed by atoms with Crippen LogP contribution in [0.1, 0.15) is 93.4 Å². The van der Waals surface area contributed by atoms with Gasteiger partial charge in [-0.2, -0.15) is 0 Å². The molecule has 0 radical (unpaired) electrons. The molecule has 1 saturated heterocycles. The Hall–Kier alpha value is -0.600. The third-order valence-electron chi connectivity index (χ3n) is 11.1. The molecule has 0 amide bonds. The van der Waals surface area contributed by atoms with E-state index in [2.05, 4.69) is 72.0 Å². The van der Waals surface area contributed by atoms with Gasteiger partial charge in [-0.25, -0.2) is 0 Å². The number of rotatable bonds is 4. The Morgan fingerprint density at radius 1 is 1.03 bits per heavy atom. The van der Waals surface area contributed by atoms with E-state index in [4.69, 9.17) is 0 Å². The maximum absolute atomic E-state index is 10.3. The predicted molar refractivity (Wildman–Crippen MR) is 132 cm³/mol. The van der Waals surface area contributed by atoms with Crippen LogP contribution in [0.4, 0.5) is 0 Å². The first-order valence-electron chi connectivity index (χ1n) is 13.3. The van der Waals surface area contributed by atoms with Crippen LogP contribution in [0, 0.1) is 46.3 Å². The van der Waals surface area contributed by atoms with Crippen molar-refractivity contribution in [2.24, 2.45) is 46.3 Å². The monoisotopic (exact) mass is 427 g/mol. The Morgan fingerprint density at radius 3 is 2.48 bits per heavy atom. The summed E-state index contributed by atoms with van der Waals surface area (Å²) in [6.07, 6.45) is 15.9. The number of hydrogen-bond donors (Lipinski definition) is 2. The minimum atomic E-state index is -0.0736. The molecule has 1 aliphatic heterocycles. The largest absolute Gasteiger partial charge is 0.393 e. The number of allylic oxidation sites excluding steroid dienone is 3. The lowest BCUT2D eigenvalue weighted by atomic mass is 9.43. The summed E-state index contributed by atoms with van der Waals surface area (Å²) in [6, 6.07) is 0. The van der Waals surface area contributed by atoms with E-state index in [1.165, 1.54) is 32.1 Å². The van der Waals surface area contributed by atoms with E-state index in [1.54, 1.807) is 5.57 Å². The van der Waals surface area contributed by atoms with Crippen molar-refractivity contribution in [1.29, 1.82) is 0 Å². The van der Waals surface area contributed by atoms with Crippen molar-refractivity contribution in [3.8, 4) is 0 Å². The molecule has 0 unspecified atom stereocenters. The third kappa shape index (κ3) is 3.68. The molecule has 4 aliphatic rings. The molecule has 3 aliphatic carbocycles. The van der Waals surface area contributed by atoms with Gasteiger partial charge in [0.25, 0.3) is 0 Å². The lowest BCUT2D eigenvalue weighted by molar-refractivity contribution is -0.0769. The number of aliphatic hydroxyl groups excluding tert-OH is 1. The molecule has 0 aromatic rings. The molecule has 31 heavy (non-hydrogen) atoms. The molecule has 2 heteroatoms. The number of piperidine rings is 1. The van der Waals surface area contributed by atoms with Gasteiger partial charge in [0.2, 0.25) is 0 Å². The molecule has 2 saturated carbocycles. The smallest absolute Gasteiger partial charge is 0.0543 e. The minimum Gasteiger partial charge on any atom is -0.393 e. The lowest BCUT2D eigenvalue weighted by Gasteiger charge is -2.66. The van der Waals surface area contributed by atoms with Crippen molar-refractivity contribution in [2.75, 3.05) is 6.54 Å². The quantitative estimate of drug-likeness (QED) is 0.486. The fraction of sp³-hybridized carbons (Fsp3) is 0.862. The summed E-state index contributed by atoms with van der Waals surface area (Å²) in [6.45, 7) is 18.4. The highest BCUT2D eigenvalue weighted by atomic mass is 16.3. The summed E-state index contributed by atoms with van der Waals surface area (Å²) in [7, 11) is 0. The van der Waals surface area contributed by atoms with Gasteiger partial charge >= 0.3 is 0 Å². The molecule has 176 valence electrons. The van der Waals surface area contributed by atoms with Crippen LogP contribution in [0.3, 0.4) is 0 Å². The van der Waals surface area contributed by atoms with Gasteiger partial charge in [-0.05, 0) is 105 Å². The fourth-order valence-corrected chi connectivity index (χ4v) is 8.26. The summed E-state index contributed by atoms with van der Waals surface area (Å²) in [5.41, 5.74) is 2.51. The summed E-state index contributed by atoms with van der Waals surface area (Å²) in [5, 5.41) is 14.4. The first-order valence-corrected chi connectivity index (χ1v) is 13.3. The van der Waals surface area contributed by atoms with Gasteiger partial charge in [0.05, 0.1) is 6.10 Å². The molecule has 0 bridgehead atoms. The maximum atomic E-state index is 10.3. The standard InChI is InChI=1S/C29H49NO/c1-19(2)20(3)8-9-21(4)24-14-17-30-29(7)26-11-10-22-18-23(31)12-15-27(22,5)25(26)13-16-28(24,29)6/h8-9,11,19-25,30-31H,10,12-18H2,1-7H3/b9-8+/t20-,21+,22-,23-,24+,25-,27-,28+,29-/m0/s1. The van der Waals surface area contributed by atoms with E-state index >= 15 is 0 Å². The Labute approximate surface area is 192 Å². The Balaban J connectivity index is 1.63. The maximum Gasteiger partial charge on any atom is 0.0543 e. The van der Waals surface area contributed by atoms with E-state index in [9.17, 15) is 5.11 Å². The second-order valence-corrected chi connectivity index (χ2v) is 12.8. The van der Waals surface area contributed by atoms with Crippen LogP contribution in [0.2, 0.25) is 0 Å². The average Bonchev–Trinajstić information content (AvgIpc) is 2.72. The van der Waals surface area contributed by atoms with Crippen LogP contribution in [0.15, 0.2) is 23.8 Å². The first-order chi connectivity index (χ1) is 14.5. The van der Waals surface area contributed by atoms with Crippen molar-refractivity contribution in [2.45, 2.75) is 105 Å². The van der Waals surface area contributed by atoms with Crippen LogP contribution in [0.5, 0.6) is 0 Å². The lowest BCUT2D eigenvalue weighted by Crippen LogP contribution is -2.68. The molecule has 2 N–H and O–H groups in total. The summed E-state index contributed by atoms with van der Waals surface area (Å²) < 4.78 is 0. The van der Waals surface area contributed by atoms with Crippen molar-refractivity contribution < 1.29 is 5.11 Å². The summed E-state index contributed by atoms with van der Waals surface area (Å²) >= 11 is 0. The van der Waals surface area contributed by atoms with Gasteiger partial charge in [0.1, 0.15) is 0 Å². The van der Waals surface area contributed by atoms with Crippen LogP contribution >= 0.6 is 0 Å². The van der Waals surface area contributed by atoms with Gasteiger partial charge < -0.3 is 10.4 Å². The van der Waals surface area contributed by atoms with Gasteiger partial charge in [-0.3, -0.25) is 0 Å². The number of aliphatic hydroxyl groups is 1. The normalized spacial score (nSPS) is 47.3. The second kappa shape index (κ2) is 8.32. The second-order valence-electron chi connectivity index (χ2n) is 12.8. The SMILES string of the molecule is CC(C)[C@@H](C)/C=C/[C@@H](C)[C@H]1CCN[C@@]2(C)C3=CC[C@H]4C[C@@H](O)CC[C@]4(C)[C@H]3CC[C@]12C. The van der Waals surface area contributed by atoms with Crippen LogP contribution < -0.4 is 5.32 Å². The molecular weight excluding hydrogens is 378 g/mol. The van der Waals surface area contributed by atoms with Crippen molar-refractivity contribution in [3.05, 3.63) is 23.8 Å². The number of fused-ring (bicyclic) bond motifs is 5. The fourth-order valence-electron chi connectivity index (χ4n) is 8.26. The van der Waals surface area contributed by atoms with E-state index in [-0.39, 0.29) is 11.6 Å². The van der Waals surface area contributed by atoms with Crippen molar-refractivity contribution >= 4 is 0 Å². The Bertz CT molecular complexity index is 724. The highest BCUT2D eigenvalue weighted by Gasteiger charge is 2.62. The first kappa shape index (κ1) is 23.6. The van der Waals surface area contributed by atoms with E-state index in [0.29, 0.717) is 40.4 Å². The molecule has 0 aromatic heterocycles. The van der Waals surface area contributed by atoms with Crippen LogP contribution in [-0.2, 0) is 0 Å². The third-order valence-corrected chi connectivity index (χ3v) is 11.1. The van der Waals surface area contributed by atoms with Crippen molar-refractivity contribution in [1.82, 2.24) is 5.32 Å². The highest BCUT2D eigenvalue weighted by molar-refractivity contribution is 5.36. The Morgan fingerprint density at radius 2 is 1.77 bits per heavy atom. The van der Waals surface area contributed by atoms with Gasteiger partial charge in [-0.15, -0.1) is 0 Å².